The van der Waals surface area contributed by atoms with Crippen molar-refractivity contribution in [2.75, 3.05) is 90.7 Å². The number of nitrogens with zero attached hydrogens (tertiary/aromatic N) is 5. The summed E-state index contributed by atoms with van der Waals surface area (Å²) in [5, 5.41) is 12.8. The van der Waals surface area contributed by atoms with Crippen LogP contribution in [0.1, 0.15) is 55.2 Å². The molecule has 1 amide bonds. The van der Waals surface area contributed by atoms with Gasteiger partial charge in [-0.15, -0.1) is 0 Å². The molecular formula is C39H52F2N6O3. The fraction of sp³-hybridized carbons (Fsp3) is 0.641. The van der Waals surface area contributed by atoms with E-state index in [9.17, 15) is 10.1 Å². The number of halogens is 2. The number of ether oxygens (including phenoxy) is 2. The van der Waals surface area contributed by atoms with Crippen LogP contribution in [0.3, 0.4) is 0 Å². The molecule has 2 aromatic rings. The lowest BCUT2D eigenvalue weighted by Gasteiger charge is -2.53. The molecule has 4 aliphatic heterocycles. The van der Waals surface area contributed by atoms with E-state index in [-0.39, 0.29) is 29.0 Å². The summed E-state index contributed by atoms with van der Waals surface area (Å²) >= 11 is 0. The van der Waals surface area contributed by atoms with Crippen molar-refractivity contribution in [3.8, 4) is 6.07 Å². The molecule has 7 rings (SSSR count). The maximum Gasteiger partial charge on any atom is 0.407 e. The maximum atomic E-state index is 15.2. The zero-order chi connectivity index (χ0) is 34.7. The number of hydrogen-bond acceptors (Lipinski definition) is 8. The molecule has 4 saturated heterocycles. The van der Waals surface area contributed by atoms with Crippen LogP contribution in [0.15, 0.2) is 36.4 Å². The van der Waals surface area contributed by atoms with Gasteiger partial charge in [0.2, 0.25) is 0 Å². The monoisotopic (exact) mass is 690 g/mol. The number of methoxy groups -OCH3 is 1. The fourth-order valence-electron chi connectivity index (χ4n) is 9.70. The van der Waals surface area contributed by atoms with Gasteiger partial charge in [0.1, 0.15) is 11.6 Å². The molecule has 5 aliphatic rings. The topological polar surface area (TPSA) is 84.3 Å². The van der Waals surface area contributed by atoms with Crippen LogP contribution in [-0.4, -0.2) is 113 Å². The van der Waals surface area contributed by atoms with Gasteiger partial charge in [0.25, 0.3) is 0 Å². The van der Waals surface area contributed by atoms with E-state index < -0.39 is 6.09 Å². The summed E-state index contributed by atoms with van der Waals surface area (Å²) in [5.74, 6) is 0.377. The Hall–Kier alpha value is -3.30. The molecule has 4 heterocycles. The highest BCUT2D eigenvalue weighted by molar-refractivity contribution is 5.67. The highest BCUT2D eigenvalue weighted by Gasteiger charge is 2.53. The molecule has 0 aromatic heterocycles. The number of piperidine rings is 1. The molecule has 1 N–H and O–H groups in total. The molecular weight excluding hydrogens is 638 g/mol. The first-order chi connectivity index (χ1) is 24.4. The normalized spacial score (nSPS) is 25.4. The van der Waals surface area contributed by atoms with Crippen molar-refractivity contribution < 1.29 is 23.0 Å². The number of likely N-dealkylation sites (tertiary alicyclic amines) is 2. The van der Waals surface area contributed by atoms with Crippen LogP contribution in [0.25, 0.3) is 0 Å². The summed E-state index contributed by atoms with van der Waals surface area (Å²) in [5.41, 5.74) is 2.66. The molecule has 9 nitrogen and oxygen atoms in total. The number of carbonyl (C=O) groups is 1. The van der Waals surface area contributed by atoms with Crippen molar-refractivity contribution in [1.82, 2.24) is 20.0 Å². The quantitative estimate of drug-likeness (QED) is 0.354. The molecule has 50 heavy (non-hydrogen) atoms. The third-order valence-electron chi connectivity index (χ3n) is 12.4. The first-order valence-electron chi connectivity index (χ1n) is 18.7. The smallest absolute Gasteiger partial charge is 0.407 e. The van der Waals surface area contributed by atoms with Crippen LogP contribution in [0.5, 0.6) is 0 Å². The van der Waals surface area contributed by atoms with Gasteiger partial charge in [-0.25, -0.2) is 13.6 Å². The standard InChI is InChI=1S/C39H52F2N6O3/c1-49-38(48)43-36-8-3-7-34(36)39(27-46-15-17-50-18-16-46,32-5-2-6-33(40)21-32)31-9-13-45(14-10-31)23-28-24-47(25-28)37-20-30(26-44-11-4-12-44)29(22-42)19-35(37)41/h2,5-6,19-21,28,31,34,36H,3-4,7-18,23-27H2,1H3,(H,43,48)/t34-,36-,39-/m0/s1. The second-order valence-corrected chi connectivity index (χ2v) is 15.3. The molecule has 0 bridgehead atoms. The summed E-state index contributed by atoms with van der Waals surface area (Å²) in [4.78, 5) is 22.0. The van der Waals surface area contributed by atoms with E-state index in [2.05, 4.69) is 37.1 Å². The van der Waals surface area contributed by atoms with Crippen LogP contribution in [-0.2, 0) is 21.4 Å². The van der Waals surface area contributed by atoms with E-state index in [0.29, 0.717) is 42.8 Å². The van der Waals surface area contributed by atoms with Crippen LogP contribution in [0, 0.1) is 40.7 Å². The number of hydrogen-bond donors (Lipinski definition) is 1. The predicted octanol–water partition coefficient (Wildman–Crippen LogP) is 4.99. The van der Waals surface area contributed by atoms with Crippen molar-refractivity contribution in [3.05, 3.63) is 64.7 Å². The number of anilines is 1. The van der Waals surface area contributed by atoms with E-state index in [1.54, 1.807) is 6.07 Å². The number of rotatable bonds is 11. The Morgan fingerprint density at radius 2 is 1.76 bits per heavy atom. The number of amides is 1. The summed E-state index contributed by atoms with van der Waals surface area (Å²) in [6.07, 6.45) is 5.62. The van der Waals surface area contributed by atoms with Crippen molar-refractivity contribution in [1.29, 1.82) is 5.26 Å². The number of nitriles is 1. The highest BCUT2D eigenvalue weighted by atomic mass is 19.1. The van der Waals surface area contributed by atoms with Crippen molar-refractivity contribution in [2.45, 2.75) is 56.5 Å². The maximum absolute atomic E-state index is 15.2. The van der Waals surface area contributed by atoms with Gasteiger partial charge in [-0.1, -0.05) is 18.6 Å². The van der Waals surface area contributed by atoms with E-state index >= 15 is 8.78 Å². The van der Waals surface area contributed by atoms with Crippen LogP contribution in [0.2, 0.25) is 0 Å². The largest absolute Gasteiger partial charge is 0.453 e. The number of carbonyl (C=O) groups excluding carboxylic acids is 1. The average Bonchev–Trinajstić information content (AvgIpc) is 3.56. The zero-order valence-electron chi connectivity index (χ0n) is 29.4. The van der Waals surface area contributed by atoms with E-state index in [4.69, 9.17) is 9.47 Å². The Kier molecular flexibility index (Phi) is 10.9. The lowest BCUT2D eigenvalue weighted by atomic mass is 9.58. The molecule has 1 saturated carbocycles. The first-order valence-corrected chi connectivity index (χ1v) is 18.7. The number of nitrogens with one attached hydrogen (secondary N) is 1. The molecule has 0 spiro atoms. The third-order valence-corrected chi connectivity index (χ3v) is 12.4. The van der Waals surface area contributed by atoms with E-state index in [0.717, 1.165) is 109 Å². The Morgan fingerprint density at radius 1 is 0.980 bits per heavy atom. The molecule has 5 fully saturated rings. The predicted molar refractivity (Wildman–Crippen MR) is 188 cm³/mol. The van der Waals surface area contributed by atoms with Crippen molar-refractivity contribution in [3.63, 3.8) is 0 Å². The average molecular weight is 691 g/mol. The number of morpholine rings is 1. The molecule has 2 aromatic carbocycles. The molecule has 11 heteroatoms. The minimum Gasteiger partial charge on any atom is -0.453 e. The van der Waals surface area contributed by atoms with Crippen LogP contribution >= 0.6 is 0 Å². The Balaban J connectivity index is 1.06. The van der Waals surface area contributed by atoms with Gasteiger partial charge < -0.3 is 24.6 Å². The van der Waals surface area contributed by atoms with Gasteiger partial charge in [0.15, 0.2) is 0 Å². The minimum atomic E-state index is -0.404. The lowest BCUT2D eigenvalue weighted by Crippen LogP contribution is -2.59. The molecule has 1 aliphatic carbocycles. The highest BCUT2D eigenvalue weighted by Crippen LogP contribution is 2.51. The number of alkyl carbamates (subject to hydrolysis) is 1. The Bertz CT molecular complexity index is 1530. The van der Waals surface area contributed by atoms with Crippen molar-refractivity contribution in [2.24, 2.45) is 17.8 Å². The first kappa shape index (κ1) is 35.1. The van der Waals surface area contributed by atoms with E-state index in [1.807, 2.05) is 12.1 Å². The van der Waals surface area contributed by atoms with Gasteiger partial charge in [0.05, 0.1) is 37.6 Å². The van der Waals surface area contributed by atoms with Crippen molar-refractivity contribution >= 4 is 11.8 Å². The van der Waals surface area contributed by atoms with E-state index in [1.165, 1.54) is 25.7 Å². The molecule has 270 valence electrons. The van der Waals surface area contributed by atoms with Gasteiger partial charge in [-0.2, -0.15) is 5.26 Å². The fourth-order valence-corrected chi connectivity index (χ4v) is 9.70. The summed E-state index contributed by atoms with van der Waals surface area (Å²) in [6.45, 7) is 11.1. The second-order valence-electron chi connectivity index (χ2n) is 15.3. The minimum absolute atomic E-state index is 0.0419. The van der Waals surface area contributed by atoms with Crippen LogP contribution in [0.4, 0.5) is 19.3 Å². The Morgan fingerprint density at radius 3 is 2.44 bits per heavy atom. The van der Waals surface area contributed by atoms with Gasteiger partial charge >= 0.3 is 6.09 Å². The summed E-state index contributed by atoms with van der Waals surface area (Å²) < 4.78 is 41.0. The second kappa shape index (κ2) is 15.5. The van der Waals surface area contributed by atoms with Gasteiger partial charge in [0, 0.05) is 63.2 Å². The molecule has 0 radical (unpaired) electrons. The van der Waals surface area contributed by atoms with Gasteiger partial charge in [-0.05, 0) is 106 Å². The Labute approximate surface area is 295 Å². The lowest BCUT2D eigenvalue weighted by molar-refractivity contribution is -0.00681. The van der Waals surface area contributed by atoms with Crippen LogP contribution < -0.4 is 10.2 Å². The SMILES string of the molecule is COC(=O)N[C@H]1CCC[C@@H]1[C@](CN1CCOCC1)(c1cccc(F)c1)C1CCN(CC2CN(c3cc(CN4CCC4)c(C#N)cc3F)C2)CC1. The molecule has 0 unspecified atom stereocenters. The molecule has 3 atom stereocenters. The summed E-state index contributed by atoms with van der Waals surface area (Å²) in [6, 6.07) is 12.7. The summed E-state index contributed by atoms with van der Waals surface area (Å²) in [7, 11) is 1.41. The van der Waals surface area contributed by atoms with Gasteiger partial charge in [-0.3, -0.25) is 9.80 Å². The number of benzene rings is 2. The zero-order valence-corrected chi connectivity index (χ0v) is 29.4. The third kappa shape index (κ3) is 7.36.